The molecule has 38 heavy (non-hydrogen) atoms. The minimum Gasteiger partial charge on any atom is -0.496 e. The third-order valence-electron chi connectivity index (χ3n) is 8.10. The second kappa shape index (κ2) is 11.8. The summed E-state index contributed by atoms with van der Waals surface area (Å²) in [7, 11) is 1.58. The SMILES string of the molecule is COc1ccccc1C(=O)NC(CCN1CCC2(CC1)CCN(Cc1cccnc1)C2=O)c1ccccc1. The number of hydrogen-bond donors (Lipinski definition) is 1. The van der Waals surface area contributed by atoms with Crippen molar-refractivity contribution in [3.05, 3.63) is 95.8 Å². The van der Waals surface area contributed by atoms with Crippen LogP contribution in [0.25, 0.3) is 0 Å². The van der Waals surface area contributed by atoms with Crippen LogP contribution in [0.3, 0.4) is 0 Å². The first-order valence-corrected chi connectivity index (χ1v) is 13.5. The van der Waals surface area contributed by atoms with E-state index < -0.39 is 0 Å². The lowest BCUT2D eigenvalue weighted by atomic mass is 9.77. The quantitative estimate of drug-likeness (QED) is 0.458. The van der Waals surface area contributed by atoms with Crippen molar-refractivity contribution in [3.63, 3.8) is 0 Å². The second-order valence-electron chi connectivity index (χ2n) is 10.4. The zero-order valence-electron chi connectivity index (χ0n) is 22.0. The smallest absolute Gasteiger partial charge is 0.255 e. The molecule has 1 spiro atoms. The Morgan fingerprint density at radius 2 is 1.74 bits per heavy atom. The molecule has 1 unspecified atom stereocenters. The van der Waals surface area contributed by atoms with E-state index in [0.717, 1.165) is 63.0 Å². The van der Waals surface area contributed by atoms with Crippen LogP contribution in [0.1, 0.15) is 53.2 Å². The normalized spacial score (nSPS) is 17.9. The molecule has 2 saturated heterocycles. The van der Waals surface area contributed by atoms with E-state index in [1.54, 1.807) is 25.4 Å². The maximum absolute atomic E-state index is 13.4. The first-order chi connectivity index (χ1) is 18.6. The van der Waals surface area contributed by atoms with Gasteiger partial charge >= 0.3 is 0 Å². The number of likely N-dealkylation sites (tertiary alicyclic amines) is 2. The van der Waals surface area contributed by atoms with Gasteiger partial charge in [-0.15, -0.1) is 0 Å². The van der Waals surface area contributed by atoms with Crippen LogP contribution in [0.2, 0.25) is 0 Å². The molecule has 2 aliphatic heterocycles. The maximum Gasteiger partial charge on any atom is 0.255 e. The first kappa shape index (κ1) is 25.9. The van der Waals surface area contributed by atoms with Crippen molar-refractivity contribution >= 4 is 11.8 Å². The summed E-state index contributed by atoms with van der Waals surface area (Å²) < 4.78 is 5.40. The molecule has 0 aliphatic carbocycles. The Morgan fingerprint density at radius 3 is 2.47 bits per heavy atom. The predicted molar refractivity (Wildman–Crippen MR) is 147 cm³/mol. The fraction of sp³-hybridized carbons (Fsp3) is 0.387. The van der Waals surface area contributed by atoms with E-state index in [0.29, 0.717) is 23.8 Å². The van der Waals surface area contributed by atoms with Crippen molar-refractivity contribution in [2.24, 2.45) is 5.41 Å². The summed E-state index contributed by atoms with van der Waals surface area (Å²) >= 11 is 0. The van der Waals surface area contributed by atoms with Gasteiger partial charge in [0.1, 0.15) is 5.75 Å². The Balaban J connectivity index is 1.18. The topological polar surface area (TPSA) is 74.8 Å². The van der Waals surface area contributed by atoms with E-state index in [-0.39, 0.29) is 17.4 Å². The molecule has 2 aromatic carbocycles. The summed E-state index contributed by atoms with van der Waals surface area (Å²) in [5.41, 5.74) is 2.47. The van der Waals surface area contributed by atoms with Gasteiger partial charge in [-0.25, -0.2) is 0 Å². The number of carbonyl (C=O) groups excluding carboxylic acids is 2. The van der Waals surface area contributed by atoms with Crippen LogP contribution in [0, 0.1) is 5.41 Å². The molecular formula is C31H36N4O3. The Labute approximate surface area is 224 Å². The number of nitrogens with zero attached hydrogens (tertiary/aromatic N) is 3. The highest BCUT2D eigenvalue weighted by atomic mass is 16.5. The van der Waals surface area contributed by atoms with Crippen molar-refractivity contribution in [3.8, 4) is 5.75 Å². The van der Waals surface area contributed by atoms with Gasteiger partial charge in [0.25, 0.3) is 5.91 Å². The number of piperidine rings is 1. The van der Waals surface area contributed by atoms with Crippen molar-refractivity contribution in [2.75, 3.05) is 33.3 Å². The van der Waals surface area contributed by atoms with Gasteiger partial charge in [0.2, 0.25) is 5.91 Å². The monoisotopic (exact) mass is 512 g/mol. The van der Waals surface area contributed by atoms with Gasteiger partial charge in [0.05, 0.1) is 24.1 Å². The van der Waals surface area contributed by atoms with Gasteiger partial charge < -0.3 is 19.9 Å². The van der Waals surface area contributed by atoms with E-state index in [4.69, 9.17) is 4.74 Å². The van der Waals surface area contributed by atoms with Crippen LogP contribution >= 0.6 is 0 Å². The average molecular weight is 513 g/mol. The standard InChI is InChI=1S/C31H36N4O3/c1-38-28-12-6-5-11-26(28)29(36)33-27(25-9-3-2-4-10-25)13-18-34-19-14-31(15-20-34)16-21-35(30(31)37)23-24-8-7-17-32-22-24/h2-12,17,22,27H,13-16,18-21,23H2,1H3,(H,33,36). The average Bonchev–Trinajstić information content (AvgIpc) is 3.26. The fourth-order valence-electron chi connectivity index (χ4n) is 5.81. The van der Waals surface area contributed by atoms with E-state index in [2.05, 4.69) is 27.3 Å². The molecule has 3 heterocycles. The van der Waals surface area contributed by atoms with Crippen LogP contribution < -0.4 is 10.1 Å². The van der Waals surface area contributed by atoms with Crippen molar-refractivity contribution in [1.29, 1.82) is 0 Å². The number of amides is 2. The lowest BCUT2D eigenvalue weighted by Gasteiger charge is -2.38. The number of benzene rings is 2. The van der Waals surface area contributed by atoms with Crippen LogP contribution in [0.15, 0.2) is 79.1 Å². The lowest BCUT2D eigenvalue weighted by molar-refractivity contribution is -0.138. The molecule has 2 aliphatic rings. The molecule has 0 saturated carbocycles. The molecule has 2 amide bonds. The molecule has 5 rings (SSSR count). The zero-order chi connectivity index (χ0) is 26.4. The summed E-state index contributed by atoms with van der Waals surface area (Å²) in [6.07, 6.45) is 7.11. The first-order valence-electron chi connectivity index (χ1n) is 13.5. The van der Waals surface area contributed by atoms with Gasteiger partial charge in [-0.1, -0.05) is 48.5 Å². The number of para-hydroxylation sites is 1. The molecule has 7 nitrogen and oxygen atoms in total. The van der Waals surface area contributed by atoms with Crippen LogP contribution in [-0.2, 0) is 11.3 Å². The van der Waals surface area contributed by atoms with Gasteiger partial charge in [0, 0.05) is 32.0 Å². The van der Waals surface area contributed by atoms with Gasteiger partial charge in [-0.3, -0.25) is 14.6 Å². The molecule has 198 valence electrons. The molecule has 1 N–H and O–H groups in total. The Kier molecular flexibility index (Phi) is 8.03. The Hall–Kier alpha value is -3.71. The largest absolute Gasteiger partial charge is 0.496 e. The molecule has 2 fully saturated rings. The summed E-state index contributed by atoms with van der Waals surface area (Å²) in [6, 6.07) is 21.3. The zero-order valence-corrected chi connectivity index (χ0v) is 22.0. The van der Waals surface area contributed by atoms with Gasteiger partial charge in [-0.2, -0.15) is 0 Å². The highest BCUT2D eigenvalue weighted by molar-refractivity contribution is 5.97. The maximum atomic E-state index is 13.4. The van der Waals surface area contributed by atoms with E-state index in [1.165, 1.54) is 0 Å². The van der Waals surface area contributed by atoms with Crippen molar-refractivity contribution in [1.82, 2.24) is 20.1 Å². The Morgan fingerprint density at radius 1 is 1.00 bits per heavy atom. The molecule has 1 atom stereocenters. The van der Waals surface area contributed by atoms with Crippen molar-refractivity contribution in [2.45, 2.75) is 38.3 Å². The number of hydrogen-bond acceptors (Lipinski definition) is 5. The van der Waals surface area contributed by atoms with Crippen LogP contribution in [0.4, 0.5) is 0 Å². The van der Waals surface area contributed by atoms with Gasteiger partial charge in [-0.05, 0) is 68.1 Å². The minimum absolute atomic E-state index is 0.118. The highest BCUT2D eigenvalue weighted by Gasteiger charge is 2.47. The van der Waals surface area contributed by atoms with Crippen LogP contribution in [-0.4, -0.2) is 59.9 Å². The van der Waals surface area contributed by atoms with Gasteiger partial charge in [0.15, 0.2) is 0 Å². The number of ether oxygens (including phenoxy) is 1. The third kappa shape index (κ3) is 5.73. The summed E-state index contributed by atoms with van der Waals surface area (Å²) in [5, 5.41) is 3.24. The number of methoxy groups -OCH3 is 1. The predicted octanol–water partition coefficient (Wildman–Crippen LogP) is 4.47. The Bertz CT molecular complexity index is 1230. The highest BCUT2D eigenvalue weighted by Crippen LogP contribution is 2.42. The van der Waals surface area contributed by atoms with Crippen molar-refractivity contribution < 1.29 is 14.3 Å². The molecular weight excluding hydrogens is 476 g/mol. The number of rotatable bonds is 9. The molecule has 7 heteroatoms. The van der Waals surface area contributed by atoms with E-state index >= 15 is 0 Å². The molecule has 0 bridgehead atoms. The molecule has 0 radical (unpaired) electrons. The summed E-state index contributed by atoms with van der Waals surface area (Å²) in [6.45, 7) is 4.11. The molecule has 3 aromatic rings. The summed E-state index contributed by atoms with van der Waals surface area (Å²) in [4.78, 5) is 35.2. The molecule has 1 aromatic heterocycles. The second-order valence-corrected chi connectivity index (χ2v) is 10.4. The number of aromatic nitrogens is 1. The summed E-state index contributed by atoms with van der Waals surface area (Å²) in [5.74, 6) is 0.725. The van der Waals surface area contributed by atoms with Crippen LogP contribution in [0.5, 0.6) is 5.75 Å². The fourth-order valence-corrected chi connectivity index (χ4v) is 5.81. The van der Waals surface area contributed by atoms with E-state index in [9.17, 15) is 9.59 Å². The number of pyridine rings is 1. The number of carbonyl (C=O) groups is 2. The van der Waals surface area contributed by atoms with E-state index in [1.807, 2.05) is 53.6 Å². The minimum atomic E-state index is -0.227. The lowest BCUT2D eigenvalue weighted by Crippen LogP contribution is -2.45. The number of nitrogens with one attached hydrogen (secondary N) is 1. The third-order valence-corrected chi connectivity index (χ3v) is 8.10.